The van der Waals surface area contributed by atoms with Crippen LogP contribution in [0, 0.1) is 0 Å². The zero-order valence-electron chi connectivity index (χ0n) is 11.9. The van der Waals surface area contributed by atoms with Gasteiger partial charge in [0.05, 0.1) is 0 Å². The average Bonchev–Trinajstić information content (AvgIpc) is 2.47. The number of nitrogens with two attached hydrogens (primary N) is 1. The lowest BCUT2D eigenvalue weighted by molar-refractivity contribution is 0.295. The maximum atomic E-state index is 6.40. The SMILES string of the molecule is CN1Cc2c(Cl)cc(Cl)cc2C(c2ccccc2CN)C1. The molecule has 0 fully saturated rings. The summed E-state index contributed by atoms with van der Waals surface area (Å²) in [6.07, 6.45) is 0. The molecule has 2 N–H and O–H groups in total. The Morgan fingerprint density at radius 2 is 1.95 bits per heavy atom. The van der Waals surface area contributed by atoms with Crippen molar-refractivity contribution in [1.82, 2.24) is 4.90 Å². The summed E-state index contributed by atoms with van der Waals surface area (Å²) < 4.78 is 0. The number of likely N-dealkylation sites (N-methyl/N-ethyl adjacent to an activating group) is 1. The van der Waals surface area contributed by atoms with Crippen molar-refractivity contribution >= 4 is 23.2 Å². The minimum absolute atomic E-state index is 0.259. The maximum absolute atomic E-state index is 6.40. The molecule has 1 atom stereocenters. The van der Waals surface area contributed by atoms with Gasteiger partial charge in [0.1, 0.15) is 0 Å². The van der Waals surface area contributed by atoms with Crippen LogP contribution in [0.3, 0.4) is 0 Å². The van der Waals surface area contributed by atoms with Crippen LogP contribution in [-0.2, 0) is 13.1 Å². The third kappa shape index (κ3) is 2.82. The van der Waals surface area contributed by atoms with Gasteiger partial charge in [0.2, 0.25) is 0 Å². The van der Waals surface area contributed by atoms with Crippen molar-refractivity contribution in [2.45, 2.75) is 19.0 Å². The first-order valence-electron chi connectivity index (χ1n) is 7.04. The second-order valence-corrected chi connectivity index (χ2v) is 6.45. The van der Waals surface area contributed by atoms with Gasteiger partial charge >= 0.3 is 0 Å². The highest BCUT2D eigenvalue weighted by atomic mass is 35.5. The van der Waals surface area contributed by atoms with Crippen molar-refractivity contribution in [3.63, 3.8) is 0 Å². The van der Waals surface area contributed by atoms with Gasteiger partial charge in [0.15, 0.2) is 0 Å². The van der Waals surface area contributed by atoms with E-state index >= 15 is 0 Å². The van der Waals surface area contributed by atoms with E-state index in [4.69, 9.17) is 28.9 Å². The fourth-order valence-electron chi connectivity index (χ4n) is 3.17. The summed E-state index contributed by atoms with van der Waals surface area (Å²) in [6, 6.07) is 12.2. The Balaban J connectivity index is 2.17. The number of fused-ring (bicyclic) bond motifs is 1. The zero-order valence-corrected chi connectivity index (χ0v) is 13.5. The van der Waals surface area contributed by atoms with E-state index in [2.05, 4.69) is 30.1 Å². The molecule has 1 aliphatic rings. The predicted molar refractivity (Wildman–Crippen MR) is 89.0 cm³/mol. The predicted octanol–water partition coefficient (Wildman–Crippen LogP) is 4.03. The van der Waals surface area contributed by atoms with E-state index in [0.717, 1.165) is 18.1 Å². The molecule has 110 valence electrons. The molecule has 1 heterocycles. The first-order valence-corrected chi connectivity index (χ1v) is 7.80. The van der Waals surface area contributed by atoms with Gasteiger partial charge in [-0.1, -0.05) is 47.5 Å². The molecule has 0 radical (unpaired) electrons. The topological polar surface area (TPSA) is 29.3 Å². The van der Waals surface area contributed by atoms with Crippen LogP contribution in [0.15, 0.2) is 36.4 Å². The van der Waals surface area contributed by atoms with E-state index in [1.54, 1.807) is 0 Å². The average molecular weight is 321 g/mol. The maximum Gasteiger partial charge on any atom is 0.0468 e. The number of rotatable bonds is 2. The van der Waals surface area contributed by atoms with Crippen LogP contribution >= 0.6 is 23.2 Å². The van der Waals surface area contributed by atoms with E-state index < -0.39 is 0 Å². The summed E-state index contributed by atoms with van der Waals surface area (Å²) in [5, 5.41) is 1.44. The number of nitrogens with zero attached hydrogens (tertiary/aromatic N) is 1. The summed E-state index contributed by atoms with van der Waals surface area (Å²) >= 11 is 12.6. The van der Waals surface area contributed by atoms with Gasteiger partial charge in [-0.15, -0.1) is 0 Å². The molecule has 1 unspecified atom stereocenters. The molecule has 0 spiro atoms. The highest BCUT2D eigenvalue weighted by Crippen LogP contribution is 2.39. The molecule has 21 heavy (non-hydrogen) atoms. The third-order valence-electron chi connectivity index (χ3n) is 4.14. The number of hydrogen-bond acceptors (Lipinski definition) is 2. The fraction of sp³-hybridized carbons (Fsp3) is 0.294. The minimum atomic E-state index is 0.259. The highest BCUT2D eigenvalue weighted by molar-refractivity contribution is 6.35. The van der Waals surface area contributed by atoms with E-state index in [1.165, 1.54) is 22.3 Å². The summed E-state index contributed by atoms with van der Waals surface area (Å²) in [5.41, 5.74) is 10.8. The van der Waals surface area contributed by atoms with Crippen molar-refractivity contribution in [3.8, 4) is 0 Å². The van der Waals surface area contributed by atoms with E-state index in [0.29, 0.717) is 11.6 Å². The highest BCUT2D eigenvalue weighted by Gasteiger charge is 2.28. The summed E-state index contributed by atoms with van der Waals surface area (Å²) in [7, 11) is 2.12. The molecule has 1 aliphatic heterocycles. The van der Waals surface area contributed by atoms with Gasteiger partial charge in [-0.05, 0) is 41.4 Å². The Labute approximate surface area is 135 Å². The monoisotopic (exact) mass is 320 g/mol. The Kier molecular flexibility index (Phi) is 4.23. The number of benzene rings is 2. The molecule has 2 aromatic rings. The molecule has 2 aromatic carbocycles. The second kappa shape index (κ2) is 5.98. The Bertz CT molecular complexity index is 670. The van der Waals surface area contributed by atoms with Crippen LogP contribution in [0.4, 0.5) is 0 Å². The van der Waals surface area contributed by atoms with Crippen LogP contribution < -0.4 is 5.73 Å². The quantitative estimate of drug-likeness (QED) is 0.905. The Morgan fingerprint density at radius 3 is 2.71 bits per heavy atom. The molecular formula is C17H18Cl2N2. The summed E-state index contributed by atoms with van der Waals surface area (Å²) in [5.74, 6) is 0.259. The molecule has 4 heteroatoms. The minimum Gasteiger partial charge on any atom is -0.326 e. The van der Waals surface area contributed by atoms with Crippen LogP contribution in [0.25, 0.3) is 0 Å². The molecule has 0 saturated heterocycles. The van der Waals surface area contributed by atoms with Gasteiger partial charge in [-0.25, -0.2) is 0 Å². The van der Waals surface area contributed by atoms with Crippen LogP contribution in [0.5, 0.6) is 0 Å². The van der Waals surface area contributed by atoms with Crippen LogP contribution in [0.2, 0.25) is 10.0 Å². The number of hydrogen-bond donors (Lipinski definition) is 1. The molecule has 0 saturated carbocycles. The summed E-state index contributed by atoms with van der Waals surface area (Å²) in [4.78, 5) is 2.29. The Morgan fingerprint density at radius 1 is 1.19 bits per heavy atom. The lowest BCUT2D eigenvalue weighted by atomic mass is 9.82. The Hall–Kier alpha value is -1.06. The van der Waals surface area contributed by atoms with E-state index in [9.17, 15) is 0 Å². The fourth-order valence-corrected chi connectivity index (χ4v) is 3.74. The lowest BCUT2D eigenvalue weighted by Crippen LogP contribution is -2.31. The van der Waals surface area contributed by atoms with Crippen molar-refractivity contribution in [2.75, 3.05) is 13.6 Å². The molecule has 0 aliphatic carbocycles. The molecule has 2 nitrogen and oxygen atoms in total. The van der Waals surface area contributed by atoms with Gasteiger partial charge in [0, 0.05) is 35.6 Å². The first kappa shape index (κ1) is 14.9. The van der Waals surface area contributed by atoms with Crippen molar-refractivity contribution < 1.29 is 0 Å². The molecule has 0 bridgehead atoms. The summed E-state index contributed by atoms with van der Waals surface area (Å²) in [6.45, 7) is 2.34. The normalized spacial score (nSPS) is 18.6. The van der Waals surface area contributed by atoms with Gasteiger partial charge < -0.3 is 10.6 Å². The standard InChI is InChI=1S/C17H18Cl2N2/c1-21-9-15(13-5-3-2-4-11(13)8-20)14-6-12(18)7-17(19)16(14)10-21/h2-7,15H,8-10,20H2,1H3. The molecular weight excluding hydrogens is 303 g/mol. The largest absolute Gasteiger partial charge is 0.326 e. The van der Waals surface area contributed by atoms with Gasteiger partial charge in [-0.3, -0.25) is 0 Å². The van der Waals surface area contributed by atoms with Crippen molar-refractivity contribution in [2.24, 2.45) is 5.73 Å². The van der Waals surface area contributed by atoms with Crippen LogP contribution in [0.1, 0.15) is 28.2 Å². The third-order valence-corrected chi connectivity index (χ3v) is 4.70. The van der Waals surface area contributed by atoms with Crippen LogP contribution in [-0.4, -0.2) is 18.5 Å². The number of halogens is 2. The van der Waals surface area contributed by atoms with Crippen molar-refractivity contribution in [1.29, 1.82) is 0 Å². The smallest absolute Gasteiger partial charge is 0.0468 e. The molecule has 0 amide bonds. The van der Waals surface area contributed by atoms with Gasteiger partial charge in [-0.2, -0.15) is 0 Å². The van der Waals surface area contributed by atoms with E-state index in [1.807, 2.05) is 18.2 Å². The van der Waals surface area contributed by atoms with E-state index in [-0.39, 0.29) is 5.92 Å². The first-order chi connectivity index (χ1) is 10.1. The van der Waals surface area contributed by atoms with Crippen molar-refractivity contribution in [3.05, 3.63) is 68.7 Å². The molecule has 0 aromatic heterocycles. The molecule has 3 rings (SSSR count). The van der Waals surface area contributed by atoms with Gasteiger partial charge in [0.25, 0.3) is 0 Å². The zero-order chi connectivity index (χ0) is 15.0. The second-order valence-electron chi connectivity index (χ2n) is 5.61. The lowest BCUT2D eigenvalue weighted by Gasteiger charge is -2.34.